The molecule has 0 aromatic heterocycles. The van der Waals surface area contributed by atoms with Crippen LogP contribution in [0.1, 0.15) is 85.0 Å². The summed E-state index contributed by atoms with van der Waals surface area (Å²) in [7, 11) is 0. The van der Waals surface area contributed by atoms with Crippen LogP contribution in [-0.2, 0) is 14.3 Å². The fourth-order valence-electron chi connectivity index (χ4n) is 7.50. The molecule has 3 fully saturated rings. The van der Waals surface area contributed by atoms with Crippen LogP contribution in [0.4, 0.5) is 0 Å². The summed E-state index contributed by atoms with van der Waals surface area (Å²) in [6, 6.07) is 0. The second kappa shape index (κ2) is 7.04. The van der Waals surface area contributed by atoms with Crippen molar-refractivity contribution in [3.63, 3.8) is 0 Å². The second-order valence-electron chi connectivity index (χ2n) is 10.4. The smallest absolute Gasteiger partial charge is 0.306 e. The molecule has 3 heteroatoms. The summed E-state index contributed by atoms with van der Waals surface area (Å²) in [5.41, 5.74) is 2.44. The highest BCUT2D eigenvalue weighted by Crippen LogP contribution is 2.65. The largest absolute Gasteiger partial charge is 0.462 e. The minimum absolute atomic E-state index is 0.00700. The van der Waals surface area contributed by atoms with Crippen LogP contribution in [0, 0.1) is 34.5 Å². The highest BCUT2D eigenvalue weighted by Gasteiger charge is 2.57. The minimum Gasteiger partial charge on any atom is -0.462 e. The molecule has 27 heavy (non-hydrogen) atoms. The number of ether oxygens (including phenoxy) is 1. The standard InChI is InChI=1S/C24H36O3/c1-16-14-17-15-18(27-21(26)7-5-13-25)8-12-24(17,3)20-9-11-23(2)10-4-6-19(23)22(16)20/h13-14,16,18-20,22H,4-12,15H2,1-3H3/t16-,18+,19?,20?,22?,23+,24+/m1/s1. The molecule has 4 aliphatic carbocycles. The molecular weight excluding hydrogens is 336 g/mol. The first-order valence-electron chi connectivity index (χ1n) is 11.2. The quantitative estimate of drug-likeness (QED) is 0.373. The van der Waals surface area contributed by atoms with E-state index in [0.29, 0.717) is 16.7 Å². The van der Waals surface area contributed by atoms with E-state index in [1.807, 2.05) is 0 Å². The van der Waals surface area contributed by atoms with Gasteiger partial charge in [-0.25, -0.2) is 0 Å². The number of carbonyl (C=O) groups excluding carboxylic acids is 2. The zero-order chi connectivity index (χ0) is 19.2. The van der Waals surface area contributed by atoms with Gasteiger partial charge in [-0.2, -0.15) is 0 Å². The summed E-state index contributed by atoms with van der Waals surface area (Å²) in [6.07, 6.45) is 13.9. The van der Waals surface area contributed by atoms with Crippen LogP contribution in [-0.4, -0.2) is 18.4 Å². The van der Waals surface area contributed by atoms with E-state index >= 15 is 0 Å². The fourth-order valence-corrected chi connectivity index (χ4v) is 7.50. The van der Waals surface area contributed by atoms with Crippen molar-refractivity contribution < 1.29 is 14.3 Å². The van der Waals surface area contributed by atoms with Gasteiger partial charge in [0.15, 0.2) is 0 Å². The maximum Gasteiger partial charge on any atom is 0.306 e. The summed E-state index contributed by atoms with van der Waals surface area (Å²) in [5.74, 6) is 2.98. The molecular formula is C24H36O3. The van der Waals surface area contributed by atoms with E-state index in [-0.39, 0.29) is 24.9 Å². The molecule has 3 nitrogen and oxygen atoms in total. The SMILES string of the molecule is C[C@@H]1C=C2C[C@@H](OC(=O)CCC=O)CC[C@]2(C)C2CC[C@]3(C)CCCC3C21. The lowest BCUT2D eigenvalue weighted by Crippen LogP contribution is -2.51. The van der Waals surface area contributed by atoms with Crippen molar-refractivity contribution in [3.05, 3.63) is 11.6 Å². The highest BCUT2D eigenvalue weighted by atomic mass is 16.5. The molecule has 0 aromatic carbocycles. The van der Waals surface area contributed by atoms with Crippen LogP contribution in [0.25, 0.3) is 0 Å². The number of allylic oxidation sites excluding steroid dienone is 1. The van der Waals surface area contributed by atoms with Crippen LogP contribution in [0.3, 0.4) is 0 Å². The third kappa shape index (κ3) is 3.19. The molecule has 0 saturated heterocycles. The molecule has 0 heterocycles. The third-order valence-electron chi connectivity index (χ3n) is 8.93. The Hall–Kier alpha value is -1.12. The predicted molar refractivity (Wildman–Crippen MR) is 106 cm³/mol. The summed E-state index contributed by atoms with van der Waals surface area (Å²) in [4.78, 5) is 22.4. The Kier molecular flexibility index (Phi) is 5.01. The Morgan fingerprint density at radius 2 is 2.00 bits per heavy atom. The molecule has 0 aliphatic heterocycles. The van der Waals surface area contributed by atoms with Gasteiger partial charge in [0.1, 0.15) is 12.4 Å². The van der Waals surface area contributed by atoms with Gasteiger partial charge in [0.25, 0.3) is 0 Å². The first-order chi connectivity index (χ1) is 12.9. The van der Waals surface area contributed by atoms with Gasteiger partial charge < -0.3 is 9.53 Å². The average molecular weight is 373 g/mol. The Morgan fingerprint density at radius 1 is 1.19 bits per heavy atom. The molecule has 0 spiro atoms. The molecule has 0 bridgehead atoms. The zero-order valence-corrected chi connectivity index (χ0v) is 17.3. The number of aldehydes is 1. The second-order valence-corrected chi connectivity index (χ2v) is 10.4. The van der Waals surface area contributed by atoms with E-state index in [9.17, 15) is 9.59 Å². The Morgan fingerprint density at radius 3 is 2.78 bits per heavy atom. The number of carbonyl (C=O) groups is 2. The van der Waals surface area contributed by atoms with Crippen LogP contribution >= 0.6 is 0 Å². The average Bonchev–Trinajstić information content (AvgIpc) is 3.03. The number of esters is 1. The molecule has 0 radical (unpaired) electrons. The van der Waals surface area contributed by atoms with Crippen LogP contribution in [0.15, 0.2) is 11.6 Å². The molecule has 3 saturated carbocycles. The van der Waals surface area contributed by atoms with Gasteiger partial charge in [-0.3, -0.25) is 4.79 Å². The fraction of sp³-hybridized carbons (Fsp3) is 0.833. The van der Waals surface area contributed by atoms with Crippen molar-refractivity contribution in [2.24, 2.45) is 34.5 Å². The highest BCUT2D eigenvalue weighted by molar-refractivity contribution is 5.72. The lowest BCUT2D eigenvalue weighted by molar-refractivity contribution is -0.152. The van der Waals surface area contributed by atoms with Crippen molar-refractivity contribution >= 4 is 12.3 Å². The number of hydrogen-bond donors (Lipinski definition) is 0. The van der Waals surface area contributed by atoms with E-state index in [1.165, 1.54) is 32.1 Å². The van der Waals surface area contributed by atoms with Gasteiger partial charge in [0.05, 0.1) is 6.42 Å². The van der Waals surface area contributed by atoms with E-state index in [4.69, 9.17) is 4.74 Å². The van der Waals surface area contributed by atoms with Crippen molar-refractivity contribution in [2.75, 3.05) is 0 Å². The Balaban J connectivity index is 1.52. The van der Waals surface area contributed by atoms with Crippen LogP contribution in [0.2, 0.25) is 0 Å². The lowest BCUT2D eigenvalue weighted by Gasteiger charge is -2.59. The summed E-state index contributed by atoms with van der Waals surface area (Å²) >= 11 is 0. The van der Waals surface area contributed by atoms with Crippen molar-refractivity contribution in [3.8, 4) is 0 Å². The molecule has 4 rings (SSSR count). The Bertz CT molecular complexity index is 638. The Labute approximate surface area is 164 Å². The van der Waals surface area contributed by atoms with Gasteiger partial charge in [-0.15, -0.1) is 0 Å². The molecule has 3 unspecified atom stereocenters. The monoisotopic (exact) mass is 372 g/mol. The van der Waals surface area contributed by atoms with Gasteiger partial charge in [0.2, 0.25) is 0 Å². The van der Waals surface area contributed by atoms with Gasteiger partial charge in [-0.05, 0) is 73.0 Å². The van der Waals surface area contributed by atoms with Crippen LogP contribution in [0.5, 0.6) is 0 Å². The van der Waals surface area contributed by atoms with E-state index in [1.54, 1.807) is 5.57 Å². The maximum absolute atomic E-state index is 12.0. The van der Waals surface area contributed by atoms with Crippen LogP contribution < -0.4 is 0 Å². The molecule has 0 aromatic rings. The first-order valence-corrected chi connectivity index (χ1v) is 11.2. The zero-order valence-electron chi connectivity index (χ0n) is 17.3. The molecule has 150 valence electrons. The number of rotatable bonds is 4. The van der Waals surface area contributed by atoms with E-state index < -0.39 is 0 Å². The number of fused-ring (bicyclic) bond motifs is 5. The lowest BCUT2D eigenvalue weighted by atomic mass is 9.46. The normalized spacial score (nSPS) is 45.9. The molecule has 7 atom stereocenters. The van der Waals surface area contributed by atoms with Crippen molar-refractivity contribution in [1.29, 1.82) is 0 Å². The first kappa shape index (κ1) is 19.2. The topological polar surface area (TPSA) is 43.4 Å². The van der Waals surface area contributed by atoms with Crippen molar-refractivity contribution in [1.82, 2.24) is 0 Å². The predicted octanol–water partition coefficient (Wildman–Crippen LogP) is 5.48. The number of hydrogen-bond acceptors (Lipinski definition) is 3. The molecule has 4 aliphatic rings. The minimum atomic E-state index is -0.211. The summed E-state index contributed by atoms with van der Waals surface area (Å²) < 4.78 is 5.71. The summed E-state index contributed by atoms with van der Waals surface area (Å²) in [5, 5.41) is 0. The van der Waals surface area contributed by atoms with Gasteiger partial charge in [0, 0.05) is 12.8 Å². The maximum atomic E-state index is 12.0. The van der Waals surface area contributed by atoms with Gasteiger partial charge in [-0.1, -0.05) is 38.8 Å². The van der Waals surface area contributed by atoms with E-state index in [2.05, 4.69) is 26.8 Å². The van der Waals surface area contributed by atoms with Crippen molar-refractivity contribution in [2.45, 2.75) is 91.1 Å². The third-order valence-corrected chi connectivity index (χ3v) is 8.93. The van der Waals surface area contributed by atoms with Gasteiger partial charge >= 0.3 is 5.97 Å². The van der Waals surface area contributed by atoms with E-state index in [0.717, 1.165) is 43.3 Å². The summed E-state index contributed by atoms with van der Waals surface area (Å²) in [6.45, 7) is 7.50. The molecule has 0 amide bonds. The molecule has 0 N–H and O–H groups in total.